The van der Waals surface area contributed by atoms with Crippen LogP contribution in [0.2, 0.25) is 0 Å². The van der Waals surface area contributed by atoms with Crippen molar-refractivity contribution in [2.75, 3.05) is 12.4 Å². The summed E-state index contributed by atoms with van der Waals surface area (Å²) < 4.78 is 8.25. The molecule has 1 atom stereocenters. The number of benzene rings is 3. The number of hydrogen-bond donors (Lipinski definition) is 1. The average molecular weight is 507 g/mol. The van der Waals surface area contributed by atoms with Gasteiger partial charge in [-0.3, -0.25) is 4.98 Å². The van der Waals surface area contributed by atoms with Crippen LogP contribution in [0, 0.1) is 6.92 Å². The molecule has 2 heterocycles. The van der Waals surface area contributed by atoms with Gasteiger partial charge in [0.1, 0.15) is 5.75 Å². The average Bonchev–Trinajstić information content (AvgIpc) is 2.87. The van der Waals surface area contributed by atoms with Gasteiger partial charge in [0.2, 0.25) is 0 Å². The molecule has 2 aromatic heterocycles. The molecule has 1 N–H and O–H groups in total. The summed E-state index contributed by atoms with van der Waals surface area (Å²) in [5, 5.41) is 4.61. The smallest absolute Gasteiger partial charge is 0.00845 e. The Morgan fingerprint density at radius 3 is 2.18 bits per heavy atom. The Labute approximate surface area is 206 Å². The monoisotopic (exact) mass is 507 g/mol. The minimum absolute atomic E-state index is 0.301. The number of nitrogens with one attached hydrogen (secondary N) is 1. The van der Waals surface area contributed by atoms with Gasteiger partial charge in [-0.05, 0) is 25.1 Å². The number of nitrogens with zero attached hydrogens (tertiary/aromatic N) is 2. The molecule has 0 radical (unpaired) electrons. The van der Waals surface area contributed by atoms with Crippen LogP contribution < -0.4 is 18.8 Å². The van der Waals surface area contributed by atoms with E-state index in [0.29, 0.717) is 0 Å². The zero-order valence-corrected chi connectivity index (χ0v) is 21.3. The SMILES string of the molecule is COc1ccc2nc(C)cc(Nc3ccc(Cc4ccc([AsH]c5ccncc5)cc4)cc3)c2c1. The van der Waals surface area contributed by atoms with Crippen molar-refractivity contribution in [1.82, 2.24) is 9.97 Å². The van der Waals surface area contributed by atoms with Crippen molar-refractivity contribution in [3.8, 4) is 5.75 Å². The van der Waals surface area contributed by atoms with Crippen LogP contribution in [0.5, 0.6) is 5.75 Å². The number of hydrogen-bond acceptors (Lipinski definition) is 4. The third kappa shape index (κ3) is 5.30. The summed E-state index contributed by atoms with van der Waals surface area (Å²) >= 11 is -0.301. The second kappa shape index (κ2) is 10.1. The number of aryl methyl sites for hydroxylation is 1. The third-order valence-electron chi connectivity index (χ3n) is 5.71. The van der Waals surface area contributed by atoms with E-state index in [-0.39, 0.29) is 15.8 Å². The van der Waals surface area contributed by atoms with Crippen molar-refractivity contribution in [2.24, 2.45) is 0 Å². The molecule has 34 heavy (non-hydrogen) atoms. The Balaban J connectivity index is 1.28. The van der Waals surface area contributed by atoms with Crippen LogP contribution >= 0.6 is 0 Å². The molecule has 0 aliphatic carbocycles. The molecule has 3 aromatic carbocycles. The quantitative estimate of drug-likeness (QED) is 0.326. The molecular weight excluding hydrogens is 481 g/mol. The van der Waals surface area contributed by atoms with Gasteiger partial charge in [0.25, 0.3) is 0 Å². The molecule has 0 amide bonds. The molecule has 0 aliphatic rings. The standard InChI is InChI=1S/C29H26AsN3O/c1-20-17-29(27-19-26(34-2)11-12-28(27)32-20)33-25-9-5-22(6-10-25)18-21-3-7-23(8-4-21)30-24-13-15-31-16-14-24/h3-17,19,30H,18H2,1-2H3,(H,32,33). The first-order chi connectivity index (χ1) is 16.7. The van der Waals surface area contributed by atoms with E-state index in [1.54, 1.807) is 7.11 Å². The van der Waals surface area contributed by atoms with E-state index in [4.69, 9.17) is 4.74 Å². The normalized spacial score (nSPS) is 11.2. The maximum absolute atomic E-state index is 5.41. The van der Waals surface area contributed by atoms with Crippen molar-refractivity contribution < 1.29 is 4.74 Å². The summed E-state index contributed by atoms with van der Waals surface area (Å²) in [6.45, 7) is 2.02. The molecule has 5 heteroatoms. The second-order valence-electron chi connectivity index (χ2n) is 8.25. The van der Waals surface area contributed by atoms with E-state index in [2.05, 4.69) is 82.0 Å². The summed E-state index contributed by atoms with van der Waals surface area (Å²) in [5.74, 6) is 0.825. The number of anilines is 2. The van der Waals surface area contributed by atoms with Crippen LogP contribution in [0.25, 0.3) is 10.9 Å². The molecule has 0 bridgehead atoms. The van der Waals surface area contributed by atoms with Crippen LogP contribution in [0.15, 0.2) is 97.3 Å². The van der Waals surface area contributed by atoms with E-state index in [1.165, 1.54) is 19.8 Å². The van der Waals surface area contributed by atoms with Gasteiger partial charge in [-0.25, -0.2) is 0 Å². The Hall–Kier alpha value is -3.62. The molecule has 4 nitrogen and oxygen atoms in total. The molecule has 1 unspecified atom stereocenters. The van der Waals surface area contributed by atoms with Gasteiger partial charge in [0.15, 0.2) is 0 Å². The molecule has 0 fully saturated rings. The van der Waals surface area contributed by atoms with Crippen LogP contribution in [-0.4, -0.2) is 32.8 Å². The minimum Gasteiger partial charge on any atom is -0.00845 e. The molecule has 0 spiro atoms. The van der Waals surface area contributed by atoms with E-state index in [9.17, 15) is 0 Å². The Morgan fingerprint density at radius 1 is 0.794 bits per heavy atom. The van der Waals surface area contributed by atoms with E-state index in [1.807, 2.05) is 37.5 Å². The minimum atomic E-state index is -0.301. The van der Waals surface area contributed by atoms with Crippen LogP contribution in [-0.2, 0) is 6.42 Å². The number of pyridine rings is 2. The fourth-order valence-electron chi connectivity index (χ4n) is 3.97. The summed E-state index contributed by atoms with van der Waals surface area (Å²) in [6.07, 6.45) is 4.67. The van der Waals surface area contributed by atoms with Crippen molar-refractivity contribution in [3.63, 3.8) is 0 Å². The first-order valence-electron chi connectivity index (χ1n) is 11.2. The molecule has 0 saturated carbocycles. The molecule has 0 aliphatic heterocycles. The van der Waals surface area contributed by atoms with Gasteiger partial charge in [-0.15, -0.1) is 0 Å². The summed E-state index contributed by atoms with van der Waals surface area (Å²) in [6, 6.07) is 30.0. The molecule has 5 aromatic rings. The summed E-state index contributed by atoms with van der Waals surface area (Å²) in [7, 11) is 1.69. The van der Waals surface area contributed by atoms with Crippen LogP contribution in [0.3, 0.4) is 0 Å². The molecular formula is C29H26AsN3O. The number of fused-ring (bicyclic) bond motifs is 1. The Morgan fingerprint density at radius 2 is 1.47 bits per heavy atom. The topological polar surface area (TPSA) is 47.0 Å². The number of methoxy groups -OCH3 is 1. The zero-order chi connectivity index (χ0) is 23.3. The van der Waals surface area contributed by atoms with Gasteiger partial charge in [0.05, 0.1) is 12.6 Å². The second-order valence-corrected chi connectivity index (χ2v) is 11.2. The van der Waals surface area contributed by atoms with Gasteiger partial charge in [0, 0.05) is 5.69 Å². The first kappa shape index (κ1) is 22.2. The zero-order valence-electron chi connectivity index (χ0n) is 19.2. The summed E-state index contributed by atoms with van der Waals surface area (Å²) in [4.78, 5) is 8.76. The van der Waals surface area contributed by atoms with E-state index < -0.39 is 0 Å². The molecule has 5 rings (SSSR count). The fourth-order valence-corrected chi connectivity index (χ4v) is 6.03. The van der Waals surface area contributed by atoms with E-state index >= 15 is 0 Å². The predicted octanol–water partition coefficient (Wildman–Crippen LogP) is 4.67. The van der Waals surface area contributed by atoms with Crippen molar-refractivity contribution in [3.05, 3.63) is 114 Å². The summed E-state index contributed by atoms with van der Waals surface area (Å²) in [5.41, 5.74) is 6.63. The van der Waals surface area contributed by atoms with Gasteiger partial charge < -0.3 is 4.74 Å². The predicted molar refractivity (Wildman–Crippen MR) is 143 cm³/mol. The molecule has 168 valence electrons. The number of ether oxygens (including phenoxy) is 1. The maximum atomic E-state index is 5.41. The van der Waals surface area contributed by atoms with Crippen molar-refractivity contribution in [2.45, 2.75) is 13.3 Å². The first-order valence-corrected chi connectivity index (χ1v) is 13.3. The number of rotatable bonds is 7. The number of aromatic nitrogens is 2. The van der Waals surface area contributed by atoms with Gasteiger partial charge in [-0.2, -0.15) is 0 Å². The fraction of sp³-hybridized carbons (Fsp3) is 0.103. The van der Waals surface area contributed by atoms with Crippen LogP contribution in [0.4, 0.5) is 11.4 Å². The Bertz CT molecular complexity index is 1400. The third-order valence-corrected chi connectivity index (χ3v) is 8.32. The van der Waals surface area contributed by atoms with E-state index in [0.717, 1.165) is 40.1 Å². The molecule has 0 saturated heterocycles. The Kier molecular flexibility index (Phi) is 6.60. The van der Waals surface area contributed by atoms with Crippen molar-refractivity contribution in [1.29, 1.82) is 0 Å². The van der Waals surface area contributed by atoms with Gasteiger partial charge in [-0.1, -0.05) is 0 Å². The van der Waals surface area contributed by atoms with Crippen molar-refractivity contribution >= 4 is 46.7 Å². The van der Waals surface area contributed by atoms with Gasteiger partial charge >= 0.3 is 148 Å². The van der Waals surface area contributed by atoms with Crippen LogP contribution in [0.1, 0.15) is 16.8 Å².